The molecule has 0 unspecified atom stereocenters. The minimum atomic E-state index is -0.397. The predicted octanol–water partition coefficient (Wildman–Crippen LogP) is 4.63. The quantitative estimate of drug-likeness (QED) is 0.648. The third-order valence-electron chi connectivity index (χ3n) is 5.94. The minimum Gasteiger partial charge on any atom is -0.450 e. The van der Waals surface area contributed by atoms with E-state index in [1.165, 1.54) is 6.07 Å². The molecule has 0 spiro atoms. The number of halogens is 1. The molecule has 2 heterocycles. The van der Waals surface area contributed by atoms with Gasteiger partial charge in [-0.15, -0.1) is 0 Å². The van der Waals surface area contributed by atoms with Gasteiger partial charge in [-0.2, -0.15) is 0 Å². The van der Waals surface area contributed by atoms with Crippen LogP contribution in [0.3, 0.4) is 0 Å². The van der Waals surface area contributed by atoms with Gasteiger partial charge in [0, 0.05) is 17.6 Å². The topological polar surface area (TPSA) is 62.6 Å². The van der Waals surface area contributed by atoms with E-state index in [0.717, 1.165) is 42.6 Å². The zero-order valence-corrected chi connectivity index (χ0v) is 18.0. The van der Waals surface area contributed by atoms with Crippen LogP contribution in [0.25, 0.3) is 11.0 Å². The Morgan fingerprint density at radius 3 is 2.63 bits per heavy atom. The molecule has 1 aliphatic heterocycles. The molecule has 1 amide bonds. The zero-order valence-electron chi connectivity index (χ0n) is 17.2. The van der Waals surface area contributed by atoms with Crippen molar-refractivity contribution in [2.24, 2.45) is 0 Å². The highest BCUT2D eigenvalue weighted by atomic mass is 35.5. The first kappa shape index (κ1) is 20.6. The lowest BCUT2D eigenvalue weighted by Crippen LogP contribution is -2.37. The van der Waals surface area contributed by atoms with Gasteiger partial charge in [0.2, 0.25) is 0 Å². The van der Waals surface area contributed by atoms with Crippen molar-refractivity contribution in [3.05, 3.63) is 80.2 Å². The molecule has 1 saturated heterocycles. The Morgan fingerprint density at radius 1 is 1.17 bits per heavy atom. The molecule has 1 aliphatic rings. The average molecular weight is 425 g/mol. The number of nitrogens with zero attached hydrogens (tertiary/aromatic N) is 1. The number of rotatable bonds is 5. The summed E-state index contributed by atoms with van der Waals surface area (Å²) >= 11 is 6.45. The molecular formula is C24H25ClN2O3. The van der Waals surface area contributed by atoms with Gasteiger partial charge in [0.1, 0.15) is 5.58 Å². The van der Waals surface area contributed by atoms with Crippen LogP contribution in [0, 0.1) is 13.8 Å². The van der Waals surface area contributed by atoms with Crippen LogP contribution in [0.1, 0.15) is 46.1 Å². The number of benzene rings is 2. The fourth-order valence-electron chi connectivity index (χ4n) is 4.07. The Bertz CT molecular complexity index is 1150. The Labute approximate surface area is 180 Å². The Morgan fingerprint density at radius 2 is 1.90 bits per heavy atom. The Kier molecular flexibility index (Phi) is 5.93. The SMILES string of the molecule is Cc1ccc2c(=O)cc(C(=O)NC[C@H](c3ccccc3Cl)N3CCCC3)oc2c1C. The molecule has 1 N–H and O–H groups in total. The highest BCUT2D eigenvalue weighted by Crippen LogP contribution is 2.30. The Hall–Kier alpha value is -2.63. The van der Waals surface area contributed by atoms with Gasteiger partial charge in [-0.05, 0) is 68.6 Å². The van der Waals surface area contributed by atoms with Crippen LogP contribution in [-0.2, 0) is 0 Å². The lowest BCUT2D eigenvalue weighted by molar-refractivity contribution is 0.0910. The van der Waals surface area contributed by atoms with Crippen LogP contribution >= 0.6 is 11.6 Å². The van der Waals surface area contributed by atoms with Gasteiger partial charge in [-0.25, -0.2) is 0 Å². The third-order valence-corrected chi connectivity index (χ3v) is 6.29. The summed E-state index contributed by atoms with van der Waals surface area (Å²) in [4.78, 5) is 27.7. The number of carbonyl (C=O) groups is 1. The molecule has 30 heavy (non-hydrogen) atoms. The van der Waals surface area contributed by atoms with Gasteiger partial charge in [0.05, 0.1) is 11.4 Å². The molecule has 3 aromatic rings. The molecule has 6 heteroatoms. The molecular weight excluding hydrogens is 400 g/mol. The fourth-order valence-corrected chi connectivity index (χ4v) is 4.34. The first-order chi connectivity index (χ1) is 14.5. The van der Waals surface area contributed by atoms with Gasteiger partial charge >= 0.3 is 0 Å². The maximum atomic E-state index is 12.9. The first-order valence-electron chi connectivity index (χ1n) is 10.3. The number of amides is 1. The van der Waals surface area contributed by atoms with E-state index in [1.54, 1.807) is 6.07 Å². The summed E-state index contributed by atoms with van der Waals surface area (Å²) in [6, 6.07) is 12.6. The summed E-state index contributed by atoms with van der Waals surface area (Å²) in [5.41, 5.74) is 3.12. The largest absolute Gasteiger partial charge is 0.450 e. The maximum Gasteiger partial charge on any atom is 0.287 e. The lowest BCUT2D eigenvalue weighted by Gasteiger charge is -2.28. The molecule has 4 rings (SSSR count). The first-order valence-corrected chi connectivity index (χ1v) is 10.6. The van der Waals surface area contributed by atoms with Crippen LogP contribution in [0.15, 0.2) is 51.7 Å². The second-order valence-corrected chi connectivity index (χ2v) is 8.26. The van der Waals surface area contributed by atoms with Gasteiger partial charge in [-0.1, -0.05) is 35.9 Å². The molecule has 1 fully saturated rings. The van der Waals surface area contributed by atoms with Crippen LogP contribution in [0.5, 0.6) is 0 Å². The highest BCUT2D eigenvalue weighted by Gasteiger charge is 2.26. The number of hydrogen-bond acceptors (Lipinski definition) is 4. The number of fused-ring (bicyclic) bond motifs is 1. The van der Waals surface area contributed by atoms with E-state index < -0.39 is 5.91 Å². The highest BCUT2D eigenvalue weighted by molar-refractivity contribution is 6.31. The summed E-state index contributed by atoms with van der Waals surface area (Å²) in [6.07, 6.45) is 2.26. The van der Waals surface area contributed by atoms with E-state index in [-0.39, 0.29) is 17.2 Å². The summed E-state index contributed by atoms with van der Waals surface area (Å²) in [5.74, 6) is -0.369. The average Bonchev–Trinajstić information content (AvgIpc) is 3.26. The van der Waals surface area contributed by atoms with Crippen molar-refractivity contribution in [1.29, 1.82) is 0 Å². The van der Waals surface area contributed by atoms with Crippen LogP contribution in [0.2, 0.25) is 5.02 Å². The second kappa shape index (κ2) is 8.62. The molecule has 5 nitrogen and oxygen atoms in total. The standard InChI is InChI=1S/C24H25ClN2O3/c1-15-9-10-18-21(28)13-22(30-23(18)16(15)2)24(29)26-14-20(27-11-5-6-12-27)17-7-3-4-8-19(17)25/h3-4,7-10,13,20H,5-6,11-12,14H2,1-2H3,(H,26,29)/t20-/m1/s1. The number of hydrogen-bond donors (Lipinski definition) is 1. The zero-order chi connectivity index (χ0) is 21.3. The fraction of sp³-hybridized carbons (Fsp3) is 0.333. The smallest absolute Gasteiger partial charge is 0.287 e. The van der Waals surface area contributed by atoms with Gasteiger partial charge in [0.15, 0.2) is 11.2 Å². The molecule has 156 valence electrons. The van der Waals surface area contributed by atoms with Crippen molar-refractivity contribution in [1.82, 2.24) is 10.2 Å². The van der Waals surface area contributed by atoms with Crippen molar-refractivity contribution in [2.75, 3.05) is 19.6 Å². The van der Waals surface area contributed by atoms with Gasteiger partial charge in [0.25, 0.3) is 5.91 Å². The van der Waals surface area contributed by atoms with E-state index >= 15 is 0 Å². The molecule has 1 atom stereocenters. The summed E-state index contributed by atoms with van der Waals surface area (Å²) in [5, 5.41) is 4.13. The summed E-state index contributed by atoms with van der Waals surface area (Å²) < 4.78 is 5.85. The second-order valence-electron chi connectivity index (χ2n) is 7.85. The predicted molar refractivity (Wildman–Crippen MR) is 119 cm³/mol. The van der Waals surface area contributed by atoms with Gasteiger partial charge in [-0.3, -0.25) is 14.5 Å². The number of aryl methyl sites for hydroxylation is 2. The van der Waals surface area contributed by atoms with Crippen molar-refractivity contribution >= 4 is 28.5 Å². The summed E-state index contributed by atoms with van der Waals surface area (Å²) in [6.45, 7) is 6.16. The minimum absolute atomic E-state index is 0.0266. The monoisotopic (exact) mass is 424 g/mol. The van der Waals surface area contributed by atoms with Crippen LogP contribution < -0.4 is 10.7 Å². The lowest BCUT2D eigenvalue weighted by atomic mass is 10.0. The Balaban J connectivity index is 1.60. The maximum absolute atomic E-state index is 12.9. The number of carbonyl (C=O) groups excluding carboxylic acids is 1. The van der Waals surface area contributed by atoms with Crippen LogP contribution in [0.4, 0.5) is 0 Å². The third kappa shape index (κ3) is 4.00. The van der Waals surface area contributed by atoms with Gasteiger partial charge < -0.3 is 9.73 Å². The van der Waals surface area contributed by atoms with E-state index in [9.17, 15) is 9.59 Å². The van der Waals surface area contributed by atoms with Crippen LogP contribution in [-0.4, -0.2) is 30.4 Å². The number of nitrogens with one attached hydrogen (secondary N) is 1. The van der Waals surface area contributed by atoms with Crippen molar-refractivity contribution in [2.45, 2.75) is 32.7 Å². The molecule has 0 radical (unpaired) electrons. The molecule has 0 bridgehead atoms. The van der Waals surface area contributed by atoms with E-state index in [4.69, 9.17) is 16.0 Å². The molecule has 0 aliphatic carbocycles. The van der Waals surface area contributed by atoms with E-state index in [1.807, 2.05) is 44.2 Å². The van der Waals surface area contributed by atoms with Crippen molar-refractivity contribution in [3.8, 4) is 0 Å². The molecule has 2 aromatic carbocycles. The van der Waals surface area contributed by atoms with E-state index in [2.05, 4.69) is 10.2 Å². The van der Waals surface area contributed by atoms with Crippen molar-refractivity contribution < 1.29 is 9.21 Å². The molecule has 1 aromatic heterocycles. The van der Waals surface area contributed by atoms with E-state index in [0.29, 0.717) is 22.5 Å². The normalized spacial score (nSPS) is 15.4. The molecule has 0 saturated carbocycles. The number of likely N-dealkylation sites (tertiary alicyclic amines) is 1. The van der Waals surface area contributed by atoms with Crippen molar-refractivity contribution in [3.63, 3.8) is 0 Å². The summed E-state index contributed by atoms with van der Waals surface area (Å²) in [7, 11) is 0.